The summed E-state index contributed by atoms with van der Waals surface area (Å²) in [4.78, 5) is 42.9. The van der Waals surface area contributed by atoms with Gasteiger partial charge < -0.3 is 24.4 Å². The Balaban J connectivity index is 3.94. The molecule has 0 radical (unpaired) electrons. The summed E-state index contributed by atoms with van der Waals surface area (Å²) in [5.74, 6) is -0.0973. The van der Waals surface area contributed by atoms with Gasteiger partial charge in [0.25, 0.3) is 0 Å². The van der Waals surface area contributed by atoms with Gasteiger partial charge >= 0.3 is 19.8 Å². The minimum absolute atomic E-state index is 0.199. The fourth-order valence-corrected chi connectivity index (χ4v) is 6.37. The highest BCUT2D eigenvalue weighted by atomic mass is 31.2. The van der Waals surface area contributed by atoms with Crippen LogP contribution in [0, 0.1) is 5.92 Å². The topological polar surface area (TPSA) is 140 Å². The SMILES string of the molecule is CC/C=C/CC(O)/C=C/C=C/CCCCCCCC(=O)OC[C@H](COP(=O)(O)O)OC(=O)CCCCCCCCCCCCCCCCCCC(C)C. The monoisotopic (exact) mass is 771 g/mol. The highest BCUT2D eigenvalue weighted by Crippen LogP contribution is 2.36. The molecule has 0 saturated carbocycles. The predicted molar refractivity (Wildman–Crippen MR) is 217 cm³/mol. The van der Waals surface area contributed by atoms with Gasteiger partial charge in [-0.3, -0.25) is 14.1 Å². The number of phosphoric acid groups is 1. The second-order valence-corrected chi connectivity index (χ2v) is 16.2. The van der Waals surface area contributed by atoms with E-state index in [0.29, 0.717) is 19.3 Å². The molecule has 0 fully saturated rings. The van der Waals surface area contributed by atoms with Gasteiger partial charge in [-0.2, -0.15) is 0 Å². The Morgan fingerprint density at radius 1 is 0.623 bits per heavy atom. The number of phosphoric ester groups is 1. The second kappa shape index (κ2) is 37.2. The number of allylic oxidation sites excluding steroid dienone is 4. The van der Waals surface area contributed by atoms with Gasteiger partial charge in [0.1, 0.15) is 6.61 Å². The summed E-state index contributed by atoms with van der Waals surface area (Å²) in [6.45, 7) is 5.81. The van der Waals surface area contributed by atoms with E-state index in [-0.39, 0.29) is 19.4 Å². The first-order chi connectivity index (χ1) is 25.5. The summed E-state index contributed by atoms with van der Waals surface area (Å²) < 4.78 is 26.4. The normalized spacial score (nSPS) is 13.5. The fourth-order valence-electron chi connectivity index (χ4n) is 6.01. The van der Waals surface area contributed by atoms with Crippen LogP contribution in [0.3, 0.4) is 0 Å². The lowest BCUT2D eigenvalue weighted by Crippen LogP contribution is -2.29. The summed E-state index contributed by atoms with van der Waals surface area (Å²) in [6.07, 6.45) is 39.1. The number of rotatable bonds is 38. The van der Waals surface area contributed by atoms with Crippen molar-refractivity contribution in [1.82, 2.24) is 0 Å². The standard InChI is InChI=1S/C43H79O9P/c1-4-5-27-33-40(44)34-29-24-20-16-14-18-21-25-30-35-42(45)50-37-41(38-51-53(47,48)49)52-43(46)36-31-26-22-17-13-11-9-7-6-8-10-12-15-19-23-28-32-39(2)3/h5,20,24,27,29,34,39-41,44H,4,6-19,21-23,25-26,28,30-33,35-38H2,1-3H3,(H2,47,48,49)/b24-20+,27-5+,34-29+/t40?,41-/m1/s1. The lowest BCUT2D eigenvalue weighted by molar-refractivity contribution is -0.161. The smallest absolute Gasteiger partial charge is 0.462 e. The van der Waals surface area contributed by atoms with E-state index in [4.69, 9.17) is 19.3 Å². The van der Waals surface area contributed by atoms with E-state index >= 15 is 0 Å². The van der Waals surface area contributed by atoms with Crippen LogP contribution in [0.4, 0.5) is 0 Å². The van der Waals surface area contributed by atoms with Crippen molar-refractivity contribution in [2.75, 3.05) is 13.2 Å². The average molecular weight is 771 g/mol. The number of aliphatic hydroxyl groups excluding tert-OH is 1. The number of carbonyl (C=O) groups excluding carboxylic acids is 2. The molecule has 0 aromatic rings. The molecule has 0 aliphatic carbocycles. The van der Waals surface area contributed by atoms with E-state index in [0.717, 1.165) is 63.7 Å². The molecule has 1 unspecified atom stereocenters. The number of hydrogen-bond donors (Lipinski definition) is 3. The molecule has 0 spiro atoms. The zero-order valence-corrected chi connectivity index (χ0v) is 34.8. The maximum absolute atomic E-state index is 12.4. The van der Waals surface area contributed by atoms with E-state index in [1.807, 2.05) is 24.3 Å². The molecular weight excluding hydrogens is 691 g/mol. The number of aliphatic hydroxyl groups is 1. The fraction of sp³-hybridized carbons (Fsp3) is 0.814. The van der Waals surface area contributed by atoms with E-state index in [1.54, 1.807) is 6.08 Å². The van der Waals surface area contributed by atoms with Crippen molar-refractivity contribution in [2.45, 2.75) is 206 Å². The predicted octanol–water partition coefficient (Wildman–Crippen LogP) is 11.8. The zero-order valence-electron chi connectivity index (χ0n) is 33.9. The summed E-state index contributed by atoms with van der Waals surface area (Å²) in [7, 11) is -4.77. The van der Waals surface area contributed by atoms with Crippen LogP contribution in [-0.4, -0.2) is 52.3 Å². The minimum atomic E-state index is -4.77. The molecular formula is C43H79O9P. The first-order valence-corrected chi connectivity index (χ1v) is 22.8. The third-order valence-corrected chi connectivity index (χ3v) is 9.67. The quantitative estimate of drug-likeness (QED) is 0.0184. The van der Waals surface area contributed by atoms with Gasteiger partial charge in [0.05, 0.1) is 12.7 Å². The molecule has 310 valence electrons. The maximum Gasteiger partial charge on any atom is 0.469 e. The number of esters is 2. The number of hydrogen-bond acceptors (Lipinski definition) is 7. The lowest BCUT2D eigenvalue weighted by Gasteiger charge is -2.18. The molecule has 0 saturated heterocycles. The molecule has 9 nitrogen and oxygen atoms in total. The molecule has 10 heteroatoms. The van der Waals surface area contributed by atoms with Crippen molar-refractivity contribution in [3.8, 4) is 0 Å². The highest BCUT2D eigenvalue weighted by Gasteiger charge is 2.23. The van der Waals surface area contributed by atoms with Crippen molar-refractivity contribution in [2.24, 2.45) is 5.92 Å². The maximum atomic E-state index is 12.4. The van der Waals surface area contributed by atoms with E-state index in [9.17, 15) is 19.3 Å². The Morgan fingerprint density at radius 3 is 1.62 bits per heavy atom. The number of unbranched alkanes of at least 4 members (excludes halogenated alkanes) is 20. The van der Waals surface area contributed by atoms with Crippen molar-refractivity contribution < 1.29 is 43.0 Å². The largest absolute Gasteiger partial charge is 0.469 e. The van der Waals surface area contributed by atoms with Gasteiger partial charge in [-0.25, -0.2) is 4.57 Å². The van der Waals surface area contributed by atoms with Gasteiger partial charge in [0.2, 0.25) is 0 Å². The van der Waals surface area contributed by atoms with Crippen LogP contribution in [0.1, 0.15) is 194 Å². The summed E-state index contributed by atoms with van der Waals surface area (Å²) in [5.41, 5.74) is 0. The van der Waals surface area contributed by atoms with Crippen LogP contribution in [-0.2, 0) is 28.2 Å². The number of carbonyl (C=O) groups is 2. The highest BCUT2D eigenvalue weighted by molar-refractivity contribution is 7.46. The van der Waals surface area contributed by atoms with Crippen LogP contribution < -0.4 is 0 Å². The average Bonchev–Trinajstić information content (AvgIpc) is 3.10. The Labute approximate surface area is 324 Å². The third kappa shape index (κ3) is 41.2. The van der Waals surface area contributed by atoms with E-state index in [2.05, 4.69) is 31.4 Å². The van der Waals surface area contributed by atoms with Gasteiger partial charge in [0, 0.05) is 12.8 Å². The molecule has 0 aliphatic rings. The van der Waals surface area contributed by atoms with Gasteiger partial charge in [-0.05, 0) is 44.4 Å². The molecule has 0 bridgehead atoms. The van der Waals surface area contributed by atoms with Gasteiger partial charge in [-0.1, -0.05) is 179 Å². The van der Waals surface area contributed by atoms with Crippen molar-refractivity contribution in [1.29, 1.82) is 0 Å². The van der Waals surface area contributed by atoms with Crippen LogP contribution in [0.15, 0.2) is 36.5 Å². The van der Waals surface area contributed by atoms with Crippen LogP contribution in [0.25, 0.3) is 0 Å². The first-order valence-electron chi connectivity index (χ1n) is 21.2. The summed E-state index contributed by atoms with van der Waals surface area (Å²) in [6, 6.07) is 0. The first kappa shape index (κ1) is 51.2. The van der Waals surface area contributed by atoms with Crippen LogP contribution in [0.5, 0.6) is 0 Å². The molecule has 2 atom stereocenters. The van der Waals surface area contributed by atoms with Crippen LogP contribution >= 0.6 is 7.82 Å². The molecule has 0 rings (SSSR count). The third-order valence-electron chi connectivity index (χ3n) is 9.18. The molecule has 0 aromatic heterocycles. The van der Waals surface area contributed by atoms with Crippen molar-refractivity contribution in [3.05, 3.63) is 36.5 Å². The Morgan fingerprint density at radius 2 is 1.11 bits per heavy atom. The minimum Gasteiger partial charge on any atom is -0.462 e. The molecule has 0 amide bonds. The van der Waals surface area contributed by atoms with Crippen molar-refractivity contribution in [3.63, 3.8) is 0 Å². The van der Waals surface area contributed by atoms with Crippen LogP contribution in [0.2, 0.25) is 0 Å². The number of ether oxygens (including phenoxy) is 2. The second-order valence-electron chi connectivity index (χ2n) is 15.0. The van der Waals surface area contributed by atoms with E-state index in [1.165, 1.54) is 83.5 Å². The van der Waals surface area contributed by atoms with E-state index < -0.39 is 38.6 Å². The summed E-state index contributed by atoms with van der Waals surface area (Å²) in [5, 5.41) is 9.84. The van der Waals surface area contributed by atoms with Gasteiger partial charge in [-0.15, -0.1) is 0 Å². The summed E-state index contributed by atoms with van der Waals surface area (Å²) >= 11 is 0. The lowest BCUT2D eigenvalue weighted by atomic mass is 10.0. The molecule has 0 heterocycles. The van der Waals surface area contributed by atoms with Gasteiger partial charge in [0.15, 0.2) is 6.10 Å². The molecule has 3 N–H and O–H groups in total. The molecule has 53 heavy (non-hydrogen) atoms. The van der Waals surface area contributed by atoms with Crippen molar-refractivity contribution >= 4 is 19.8 Å². The zero-order chi connectivity index (χ0) is 39.3. The Bertz CT molecular complexity index is 988. The Kier molecular flexibility index (Phi) is 35.9. The Hall–Kier alpha value is -1.77. The molecule has 0 aromatic carbocycles. The molecule has 0 aliphatic heterocycles.